The number of halogens is 1. The molecule has 30 heavy (non-hydrogen) atoms. The highest BCUT2D eigenvalue weighted by Gasteiger charge is 2.09. The molecule has 0 aliphatic heterocycles. The first-order valence-electron chi connectivity index (χ1n) is 9.78. The third-order valence-corrected chi connectivity index (χ3v) is 5.50. The Morgan fingerprint density at radius 3 is 2.70 bits per heavy atom. The van der Waals surface area contributed by atoms with E-state index in [0.717, 1.165) is 22.1 Å². The summed E-state index contributed by atoms with van der Waals surface area (Å²) < 4.78 is 8.84. The van der Waals surface area contributed by atoms with Crippen LogP contribution in [-0.2, 0) is 11.3 Å². The van der Waals surface area contributed by atoms with E-state index in [2.05, 4.69) is 74.3 Å². The average Bonchev–Trinajstić information content (AvgIpc) is 3.06. The first-order valence-corrected chi connectivity index (χ1v) is 10.6. The number of carbonyl (C=O) groups excluding carboxylic acids is 1. The zero-order valence-corrected chi connectivity index (χ0v) is 18.4. The largest absolute Gasteiger partial charge is 0.483 e. The quantitative estimate of drug-likeness (QED) is 0.306. The third-order valence-electron chi connectivity index (χ3n) is 5.01. The van der Waals surface area contributed by atoms with Crippen LogP contribution in [0.25, 0.3) is 21.8 Å². The highest BCUT2D eigenvalue weighted by molar-refractivity contribution is 9.10. The van der Waals surface area contributed by atoms with Crippen molar-refractivity contribution in [3.05, 3.63) is 76.3 Å². The number of nitrogens with one attached hydrogen (secondary N) is 1. The van der Waals surface area contributed by atoms with Gasteiger partial charge in [0.25, 0.3) is 5.91 Å². The standard InChI is InChI=1S/C24H22BrN3O2/c1-3-28-21-7-5-4-6-19(21)20-13-17(8-10-22(20)28)14-26-27-24(29)15-30-23-11-9-18(25)12-16(23)2/h4-14H,3,15H2,1-2H3,(H,27,29)/b26-14+. The Morgan fingerprint density at radius 2 is 1.90 bits per heavy atom. The Morgan fingerprint density at radius 1 is 1.10 bits per heavy atom. The molecular weight excluding hydrogens is 442 g/mol. The molecular formula is C24H22BrN3O2. The van der Waals surface area contributed by atoms with Gasteiger partial charge in [0.1, 0.15) is 5.75 Å². The number of aryl methyl sites for hydroxylation is 2. The van der Waals surface area contributed by atoms with Crippen LogP contribution in [0.5, 0.6) is 5.75 Å². The van der Waals surface area contributed by atoms with Crippen LogP contribution in [0.4, 0.5) is 0 Å². The second-order valence-electron chi connectivity index (χ2n) is 7.03. The highest BCUT2D eigenvalue weighted by atomic mass is 79.9. The highest BCUT2D eigenvalue weighted by Crippen LogP contribution is 2.29. The summed E-state index contributed by atoms with van der Waals surface area (Å²) in [5, 5.41) is 6.48. The molecule has 0 atom stereocenters. The predicted octanol–water partition coefficient (Wildman–Crippen LogP) is 5.41. The van der Waals surface area contributed by atoms with Crippen LogP contribution >= 0.6 is 15.9 Å². The van der Waals surface area contributed by atoms with Crippen molar-refractivity contribution in [1.29, 1.82) is 0 Å². The fourth-order valence-electron chi connectivity index (χ4n) is 3.62. The van der Waals surface area contributed by atoms with E-state index in [4.69, 9.17) is 4.74 Å². The van der Waals surface area contributed by atoms with Gasteiger partial charge in [-0.15, -0.1) is 0 Å². The number of aromatic nitrogens is 1. The smallest absolute Gasteiger partial charge is 0.277 e. The lowest BCUT2D eigenvalue weighted by Gasteiger charge is -2.08. The molecule has 1 heterocycles. The van der Waals surface area contributed by atoms with Gasteiger partial charge < -0.3 is 9.30 Å². The molecule has 152 valence electrons. The molecule has 0 radical (unpaired) electrons. The average molecular weight is 464 g/mol. The van der Waals surface area contributed by atoms with Crippen molar-refractivity contribution in [2.24, 2.45) is 5.10 Å². The maximum absolute atomic E-state index is 12.1. The minimum Gasteiger partial charge on any atom is -0.483 e. The minimum absolute atomic E-state index is 0.0944. The van der Waals surface area contributed by atoms with Crippen LogP contribution in [0.3, 0.4) is 0 Å². The number of fused-ring (bicyclic) bond motifs is 3. The number of hydrogen-bond acceptors (Lipinski definition) is 3. The molecule has 1 N–H and O–H groups in total. The molecule has 0 bridgehead atoms. The van der Waals surface area contributed by atoms with Crippen LogP contribution in [0.1, 0.15) is 18.1 Å². The van der Waals surface area contributed by atoms with E-state index in [1.807, 2.05) is 31.2 Å². The number of nitrogens with zero attached hydrogens (tertiary/aromatic N) is 2. The lowest BCUT2D eigenvalue weighted by molar-refractivity contribution is -0.123. The zero-order valence-electron chi connectivity index (χ0n) is 16.9. The molecule has 0 fully saturated rings. The molecule has 4 aromatic rings. The van der Waals surface area contributed by atoms with E-state index < -0.39 is 0 Å². The summed E-state index contributed by atoms with van der Waals surface area (Å²) in [6, 6.07) is 20.2. The molecule has 0 saturated heterocycles. The second-order valence-corrected chi connectivity index (χ2v) is 7.95. The number of benzene rings is 3. The third kappa shape index (κ3) is 4.09. The van der Waals surface area contributed by atoms with Gasteiger partial charge in [0, 0.05) is 32.8 Å². The fourth-order valence-corrected chi connectivity index (χ4v) is 4.10. The number of amides is 1. The van der Waals surface area contributed by atoms with Crippen molar-refractivity contribution in [2.45, 2.75) is 20.4 Å². The van der Waals surface area contributed by atoms with E-state index >= 15 is 0 Å². The number of hydrazone groups is 1. The molecule has 0 spiro atoms. The van der Waals surface area contributed by atoms with Crippen LogP contribution < -0.4 is 10.2 Å². The zero-order chi connectivity index (χ0) is 21.1. The number of para-hydroxylation sites is 1. The Balaban J connectivity index is 1.45. The van der Waals surface area contributed by atoms with E-state index in [0.29, 0.717) is 5.75 Å². The van der Waals surface area contributed by atoms with Gasteiger partial charge in [-0.1, -0.05) is 40.2 Å². The fraction of sp³-hybridized carbons (Fsp3) is 0.167. The first-order chi connectivity index (χ1) is 14.6. The number of carbonyl (C=O) groups is 1. The van der Waals surface area contributed by atoms with Gasteiger partial charge in [-0.3, -0.25) is 4.79 Å². The maximum atomic E-state index is 12.1. The summed E-state index contributed by atoms with van der Waals surface area (Å²) in [4.78, 5) is 12.1. The van der Waals surface area contributed by atoms with Gasteiger partial charge in [-0.05, 0) is 61.4 Å². The Labute approximate surface area is 183 Å². The van der Waals surface area contributed by atoms with Crippen molar-refractivity contribution in [3.8, 4) is 5.75 Å². The summed E-state index contributed by atoms with van der Waals surface area (Å²) in [5.74, 6) is 0.368. The lowest BCUT2D eigenvalue weighted by atomic mass is 10.1. The summed E-state index contributed by atoms with van der Waals surface area (Å²) in [6.07, 6.45) is 1.65. The summed E-state index contributed by atoms with van der Waals surface area (Å²) >= 11 is 3.41. The van der Waals surface area contributed by atoms with Gasteiger partial charge in [0.2, 0.25) is 0 Å². The second kappa shape index (κ2) is 8.71. The van der Waals surface area contributed by atoms with Crippen molar-refractivity contribution < 1.29 is 9.53 Å². The Kier molecular flexibility index (Phi) is 5.86. The van der Waals surface area contributed by atoms with Gasteiger partial charge in [-0.25, -0.2) is 5.43 Å². The number of ether oxygens (including phenoxy) is 1. The van der Waals surface area contributed by atoms with Crippen molar-refractivity contribution >= 4 is 49.9 Å². The molecule has 3 aromatic carbocycles. The SMILES string of the molecule is CCn1c2ccccc2c2cc(/C=N/NC(=O)COc3ccc(Br)cc3C)ccc21. The van der Waals surface area contributed by atoms with E-state index in [1.54, 1.807) is 6.21 Å². The molecule has 1 amide bonds. The van der Waals surface area contributed by atoms with E-state index in [-0.39, 0.29) is 12.5 Å². The topological polar surface area (TPSA) is 55.6 Å². The van der Waals surface area contributed by atoms with Crippen molar-refractivity contribution in [3.63, 3.8) is 0 Å². The van der Waals surface area contributed by atoms with E-state index in [1.165, 1.54) is 21.8 Å². The Bertz CT molecular complexity index is 1260. The van der Waals surface area contributed by atoms with Crippen LogP contribution in [0.2, 0.25) is 0 Å². The molecule has 1 aromatic heterocycles. The van der Waals surface area contributed by atoms with Crippen LogP contribution in [-0.4, -0.2) is 23.3 Å². The molecule has 0 aliphatic rings. The Hall–Kier alpha value is -3.12. The van der Waals surface area contributed by atoms with Crippen LogP contribution in [0, 0.1) is 6.92 Å². The van der Waals surface area contributed by atoms with Gasteiger partial charge >= 0.3 is 0 Å². The first kappa shape index (κ1) is 20.2. The van der Waals surface area contributed by atoms with Crippen LogP contribution in [0.15, 0.2) is 70.2 Å². The maximum Gasteiger partial charge on any atom is 0.277 e. The summed E-state index contributed by atoms with van der Waals surface area (Å²) in [6.45, 7) is 4.89. The van der Waals surface area contributed by atoms with Gasteiger partial charge in [-0.2, -0.15) is 5.10 Å². The van der Waals surface area contributed by atoms with Crippen molar-refractivity contribution in [1.82, 2.24) is 9.99 Å². The molecule has 0 unspecified atom stereocenters. The minimum atomic E-state index is -0.308. The van der Waals surface area contributed by atoms with Gasteiger partial charge in [0.15, 0.2) is 6.61 Å². The normalized spacial score (nSPS) is 11.4. The molecule has 0 aliphatic carbocycles. The monoisotopic (exact) mass is 463 g/mol. The number of rotatable bonds is 6. The predicted molar refractivity (Wildman–Crippen MR) is 125 cm³/mol. The lowest BCUT2D eigenvalue weighted by Crippen LogP contribution is -2.24. The summed E-state index contributed by atoms with van der Waals surface area (Å²) in [7, 11) is 0. The van der Waals surface area contributed by atoms with Gasteiger partial charge in [0.05, 0.1) is 6.21 Å². The molecule has 4 rings (SSSR count). The van der Waals surface area contributed by atoms with E-state index in [9.17, 15) is 4.79 Å². The molecule has 0 saturated carbocycles. The molecule has 5 nitrogen and oxygen atoms in total. The number of hydrogen-bond donors (Lipinski definition) is 1. The van der Waals surface area contributed by atoms with Crippen molar-refractivity contribution in [2.75, 3.05) is 6.61 Å². The molecule has 6 heteroatoms. The summed E-state index contributed by atoms with van der Waals surface area (Å²) in [5.41, 5.74) is 6.82.